The van der Waals surface area contributed by atoms with Crippen LogP contribution in [0.3, 0.4) is 0 Å². The molecule has 7 heteroatoms. The van der Waals surface area contributed by atoms with Crippen LogP contribution in [-0.4, -0.2) is 29.5 Å². The lowest BCUT2D eigenvalue weighted by Gasteiger charge is -2.09. The van der Waals surface area contributed by atoms with Gasteiger partial charge in [0.1, 0.15) is 11.3 Å². The number of nitrogens with zero attached hydrogens (tertiary/aromatic N) is 6. The Hall–Kier alpha value is -1.95. The maximum absolute atomic E-state index is 6.19. The van der Waals surface area contributed by atoms with Gasteiger partial charge in [-0.1, -0.05) is 5.21 Å². The third-order valence-electron chi connectivity index (χ3n) is 2.91. The highest BCUT2D eigenvalue weighted by molar-refractivity contribution is 6.20. The molecule has 1 atom stereocenters. The molecule has 3 aromatic rings. The monoisotopic (exact) mass is 276 g/mol. The first-order valence-corrected chi connectivity index (χ1v) is 6.48. The van der Waals surface area contributed by atoms with Crippen LogP contribution in [0.1, 0.15) is 18.1 Å². The lowest BCUT2D eigenvalue weighted by molar-refractivity contribution is 0.513. The van der Waals surface area contributed by atoms with Gasteiger partial charge in [-0.05, 0) is 19.1 Å². The summed E-state index contributed by atoms with van der Waals surface area (Å²) in [5, 5.41) is 7.58. The summed E-state index contributed by atoms with van der Waals surface area (Å²) in [6, 6.07) is 3.82. The molecule has 19 heavy (non-hydrogen) atoms. The molecule has 0 spiro atoms. The van der Waals surface area contributed by atoms with E-state index < -0.39 is 0 Å². The van der Waals surface area contributed by atoms with E-state index in [9.17, 15) is 0 Å². The fraction of sp³-hybridized carbons (Fsp3) is 0.333. The van der Waals surface area contributed by atoms with Crippen molar-refractivity contribution in [3.63, 3.8) is 0 Å². The molecular weight excluding hydrogens is 264 g/mol. The van der Waals surface area contributed by atoms with Gasteiger partial charge in [-0.2, -0.15) is 0 Å². The number of rotatable bonds is 4. The van der Waals surface area contributed by atoms with Gasteiger partial charge in [0.05, 0.1) is 18.1 Å². The smallest absolute Gasteiger partial charge is 0.160 e. The Morgan fingerprint density at radius 3 is 2.95 bits per heavy atom. The molecule has 6 nitrogen and oxygen atoms in total. The molecule has 3 rings (SSSR count). The number of fused-ring (bicyclic) bond motifs is 1. The first kappa shape index (κ1) is 12.1. The molecule has 0 aromatic carbocycles. The third kappa shape index (κ3) is 2.31. The van der Waals surface area contributed by atoms with Gasteiger partial charge in [-0.25, -0.2) is 9.97 Å². The minimum atomic E-state index is -0.162. The molecule has 3 heterocycles. The van der Waals surface area contributed by atoms with E-state index >= 15 is 0 Å². The van der Waals surface area contributed by atoms with Gasteiger partial charge in [-0.3, -0.25) is 4.68 Å². The number of halogens is 1. The zero-order valence-electron chi connectivity index (χ0n) is 10.4. The van der Waals surface area contributed by atoms with Crippen LogP contribution in [0.15, 0.2) is 30.7 Å². The van der Waals surface area contributed by atoms with Crippen LogP contribution in [0, 0.1) is 0 Å². The minimum Gasteiger partial charge on any atom is -0.310 e. The second kappa shape index (κ2) is 4.97. The molecule has 3 aromatic heterocycles. The van der Waals surface area contributed by atoms with Gasteiger partial charge in [0.15, 0.2) is 5.65 Å². The predicted molar refractivity (Wildman–Crippen MR) is 71.8 cm³/mol. The van der Waals surface area contributed by atoms with E-state index in [1.807, 2.05) is 29.8 Å². The van der Waals surface area contributed by atoms with Gasteiger partial charge < -0.3 is 4.57 Å². The average molecular weight is 277 g/mol. The van der Waals surface area contributed by atoms with Crippen LogP contribution < -0.4 is 0 Å². The van der Waals surface area contributed by atoms with E-state index in [1.54, 1.807) is 17.1 Å². The van der Waals surface area contributed by atoms with Crippen LogP contribution in [-0.2, 0) is 13.1 Å². The molecule has 0 amide bonds. The number of aryl methyl sites for hydroxylation is 2. The summed E-state index contributed by atoms with van der Waals surface area (Å²) in [4.78, 5) is 8.92. The predicted octanol–water partition coefficient (Wildman–Crippen LogP) is 2.02. The maximum Gasteiger partial charge on any atom is 0.160 e. The molecule has 0 bridgehead atoms. The molecule has 0 aliphatic heterocycles. The van der Waals surface area contributed by atoms with Crippen molar-refractivity contribution in [2.45, 2.75) is 25.4 Å². The molecule has 0 fully saturated rings. The van der Waals surface area contributed by atoms with Crippen molar-refractivity contribution in [2.24, 2.45) is 0 Å². The van der Waals surface area contributed by atoms with Crippen molar-refractivity contribution in [1.82, 2.24) is 29.5 Å². The molecule has 0 radical (unpaired) electrons. The van der Waals surface area contributed by atoms with Gasteiger partial charge in [0.25, 0.3) is 0 Å². The molecule has 0 saturated heterocycles. The van der Waals surface area contributed by atoms with E-state index in [1.165, 1.54) is 0 Å². The SMILES string of the molecule is CC(Cl)c1nc2cccnc2n1CCn1ccnn1. The number of aromatic nitrogens is 6. The van der Waals surface area contributed by atoms with Crippen molar-refractivity contribution in [3.05, 3.63) is 36.5 Å². The second-order valence-corrected chi connectivity index (χ2v) is 4.90. The highest BCUT2D eigenvalue weighted by Crippen LogP contribution is 2.23. The van der Waals surface area contributed by atoms with Crippen molar-refractivity contribution in [3.8, 4) is 0 Å². The Kier molecular flexibility index (Phi) is 3.16. The van der Waals surface area contributed by atoms with Crippen LogP contribution in [0.5, 0.6) is 0 Å². The summed E-state index contributed by atoms with van der Waals surface area (Å²) in [5.41, 5.74) is 1.72. The molecule has 0 saturated carbocycles. The van der Waals surface area contributed by atoms with Crippen LogP contribution >= 0.6 is 11.6 Å². The number of imidazole rings is 1. The zero-order valence-corrected chi connectivity index (χ0v) is 11.2. The lowest BCUT2D eigenvalue weighted by atomic mass is 10.4. The second-order valence-electron chi connectivity index (χ2n) is 4.25. The first-order chi connectivity index (χ1) is 9.25. The van der Waals surface area contributed by atoms with Gasteiger partial charge in [0, 0.05) is 18.9 Å². The van der Waals surface area contributed by atoms with E-state index in [0.29, 0.717) is 13.1 Å². The summed E-state index contributed by atoms with van der Waals surface area (Å²) in [5.74, 6) is 0.829. The Morgan fingerprint density at radius 2 is 2.21 bits per heavy atom. The highest BCUT2D eigenvalue weighted by atomic mass is 35.5. The Labute approximate surface area is 115 Å². The Morgan fingerprint density at radius 1 is 1.32 bits per heavy atom. The number of hydrogen-bond acceptors (Lipinski definition) is 4. The van der Waals surface area contributed by atoms with Gasteiger partial charge in [0.2, 0.25) is 0 Å². The molecular formula is C12H13ClN6. The molecule has 0 aliphatic carbocycles. The number of hydrogen-bond donors (Lipinski definition) is 0. The van der Waals surface area contributed by atoms with E-state index in [2.05, 4.69) is 20.3 Å². The van der Waals surface area contributed by atoms with Crippen LogP contribution in [0.2, 0.25) is 0 Å². The van der Waals surface area contributed by atoms with Crippen LogP contribution in [0.25, 0.3) is 11.2 Å². The van der Waals surface area contributed by atoms with Crippen molar-refractivity contribution in [2.75, 3.05) is 0 Å². The first-order valence-electron chi connectivity index (χ1n) is 6.05. The molecule has 0 N–H and O–H groups in total. The standard InChI is InChI=1S/C12H13ClN6/c1-9(13)11-16-10-3-2-4-14-12(10)19(11)8-7-18-6-5-15-17-18/h2-6,9H,7-8H2,1H3. The normalized spacial score (nSPS) is 12.9. The highest BCUT2D eigenvalue weighted by Gasteiger charge is 2.15. The van der Waals surface area contributed by atoms with E-state index in [-0.39, 0.29) is 5.38 Å². The van der Waals surface area contributed by atoms with Gasteiger partial charge >= 0.3 is 0 Å². The number of alkyl halides is 1. The number of pyridine rings is 1. The van der Waals surface area contributed by atoms with E-state index in [4.69, 9.17) is 11.6 Å². The summed E-state index contributed by atoms with van der Waals surface area (Å²) in [6.45, 7) is 3.33. The fourth-order valence-corrected chi connectivity index (χ4v) is 2.22. The Balaban J connectivity index is 1.97. The summed E-state index contributed by atoms with van der Waals surface area (Å²) >= 11 is 6.19. The van der Waals surface area contributed by atoms with Crippen molar-refractivity contribution < 1.29 is 0 Å². The summed E-state index contributed by atoms with van der Waals surface area (Å²) in [6.07, 6.45) is 5.25. The summed E-state index contributed by atoms with van der Waals surface area (Å²) < 4.78 is 3.81. The molecule has 1 unspecified atom stereocenters. The topological polar surface area (TPSA) is 61.4 Å². The summed E-state index contributed by atoms with van der Waals surface area (Å²) in [7, 11) is 0. The minimum absolute atomic E-state index is 0.162. The largest absolute Gasteiger partial charge is 0.310 e. The quantitative estimate of drug-likeness (QED) is 0.684. The van der Waals surface area contributed by atoms with E-state index in [0.717, 1.165) is 17.0 Å². The van der Waals surface area contributed by atoms with Crippen molar-refractivity contribution >= 4 is 22.8 Å². The fourth-order valence-electron chi connectivity index (χ4n) is 2.05. The molecule has 98 valence electrons. The van der Waals surface area contributed by atoms with Crippen molar-refractivity contribution in [1.29, 1.82) is 0 Å². The van der Waals surface area contributed by atoms with Crippen LogP contribution in [0.4, 0.5) is 0 Å². The third-order valence-corrected chi connectivity index (χ3v) is 3.11. The van der Waals surface area contributed by atoms with Gasteiger partial charge in [-0.15, -0.1) is 16.7 Å². The molecule has 0 aliphatic rings. The Bertz CT molecular complexity index is 673. The maximum atomic E-state index is 6.19. The average Bonchev–Trinajstić information content (AvgIpc) is 3.03. The zero-order chi connectivity index (χ0) is 13.2. The lowest BCUT2D eigenvalue weighted by Crippen LogP contribution is -2.11.